The van der Waals surface area contributed by atoms with Gasteiger partial charge in [0.05, 0.1) is 0 Å². The van der Waals surface area contributed by atoms with Gasteiger partial charge in [-0.05, 0) is 0 Å². The zero-order chi connectivity index (χ0) is 23.9. The molecule has 0 saturated heterocycles. The molecule has 33 heavy (non-hydrogen) atoms. The molecule has 4 rings (SSSR count). The number of rotatable bonds is 6. The van der Waals surface area contributed by atoms with Crippen molar-refractivity contribution in [3.63, 3.8) is 0 Å². The third-order valence-electron chi connectivity index (χ3n) is 7.10. The average molecular weight is 481 g/mol. The van der Waals surface area contributed by atoms with E-state index in [2.05, 4.69) is 0 Å². The quantitative estimate of drug-likeness (QED) is 0.374. The molecule has 4 aromatic carbocycles. The van der Waals surface area contributed by atoms with Crippen LogP contribution in [0, 0.1) is 0 Å². The van der Waals surface area contributed by atoms with Gasteiger partial charge in [0.15, 0.2) is 0 Å². The van der Waals surface area contributed by atoms with Gasteiger partial charge in [-0.1, -0.05) is 0 Å². The zero-order valence-corrected chi connectivity index (χ0v) is 19.9. The van der Waals surface area contributed by atoms with Crippen LogP contribution in [0.3, 0.4) is 0 Å². The molecule has 4 aromatic rings. The van der Waals surface area contributed by atoms with Crippen molar-refractivity contribution < 1.29 is 27.4 Å². The van der Waals surface area contributed by atoms with E-state index in [1.54, 1.807) is 121 Å². The van der Waals surface area contributed by atoms with Gasteiger partial charge in [0.25, 0.3) is 0 Å². The van der Waals surface area contributed by atoms with Gasteiger partial charge < -0.3 is 0 Å². The molecule has 0 aromatic heterocycles. The van der Waals surface area contributed by atoms with Crippen LogP contribution < -0.4 is 0 Å². The van der Waals surface area contributed by atoms with Gasteiger partial charge in [-0.2, -0.15) is 0 Å². The molecule has 0 bridgehead atoms. The summed E-state index contributed by atoms with van der Waals surface area (Å²) < 4.78 is 50.7. The predicted molar refractivity (Wildman–Crippen MR) is 124 cm³/mol. The Morgan fingerprint density at radius 2 is 0.636 bits per heavy atom. The van der Waals surface area contributed by atoms with Crippen molar-refractivity contribution in [2.24, 2.45) is 0 Å². The zero-order valence-electron chi connectivity index (χ0n) is 18.7. The summed E-state index contributed by atoms with van der Waals surface area (Å²) in [5, 5.41) is 0. The summed E-state index contributed by atoms with van der Waals surface area (Å²) in [7, 11) is 0. The second kappa shape index (κ2) is 7.22. The predicted octanol–water partition coefficient (Wildman–Crippen LogP) is 5.64. The van der Waals surface area contributed by atoms with Crippen LogP contribution in [0.5, 0.6) is 0 Å². The fourth-order valence-corrected chi connectivity index (χ4v) is 10.2. The van der Waals surface area contributed by atoms with Gasteiger partial charge in [0.2, 0.25) is 0 Å². The summed E-state index contributed by atoms with van der Waals surface area (Å²) >= 11 is -8.46. The van der Waals surface area contributed by atoms with Crippen LogP contribution in [0.1, 0.15) is 36.1 Å². The summed E-state index contributed by atoms with van der Waals surface area (Å²) in [5.74, 6) is 0. The molecule has 0 aliphatic rings. The van der Waals surface area contributed by atoms with Crippen LogP contribution in [0.4, 0.5) is 0 Å². The minimum atomic E-state index is -8.46. The Labute approximate surface area is 193 Å². The fraction of sp³-hybridized carbons (Fsp3) is 0.143. The van der Waals surface area contributed by atoms with Crippen molar-refractivity contribution in [3.05, 3.63) is 144 Å². The second-order valence-corrected chi connectivity index (χ2v) is 15.2. The first-order chi connectivity index (χ1) is 15.5. The molecule has 0 aliphatic carbocycles. The molecule has 0 radical (unpaired) electrons. The van der Waals surface area contributed by atoms with Gasteiger partial charge >= 0.3 is 193 Å². The fourth-order valence-electron chi connectivity index (χ4n) is 4.81. The maximum atomic E-state index is 15.2. The Bertz CT molecular complexity index is 1250. The first kappa shape index (κ1) is 23.1. The Morgan fingerprint density at radius 1 is 0.455 bits per heavy atom. The molecule has 0 saturated carbocycles. The number of hydrogen-bond acceptors (Lipinski definition) is 2. The standard InChI is InChI=1S/2C14H13.Cr.2H2O.2O/c2*1-12(13-8-4-2-5-9-13)14-10-6-3-7-11-14;;;;;/h2*2-11H,1H3;;2*1H2;;/q;;+2;;;;/p-2. The molecule has 5 heteroatoms. The van der Waals surface area contributed by atoms with Crippen molar-refractivity contribution >= 4 is 0 Å². The molecular formula is C28H28CrO4. The monoisotopic (exact) mass is 480 g/mol. The van der Waals surface area contributed by atoms with Crippen LogP contribution in [0.15, 0.2) is 121 Å². The Hall–Kier alpha value is -3.07. The molecule has 0 heterocycles. The van der Waals surface area contributed by atoms with E-state index < -0.39 is 20.0 Å². The molecular weight excluding hydrogens is 452 g/mol. The Kier molecular flexibility index (Phi) is 5.05. The summed E-state index contributed by atoms with van der Waals surface area (Å²) in [5.41, 5.74) is 1.05. The van der Waals surface area contributed by atoms with E-state index in [9.17, 15) is 8.32 Å². The third kappa shape index (κ3) is 3.05. The summed E-state index contributed by atoms with van der Waals surface area (Å²) in [4.78, 5) is 0. The molecule has 0 spiro atoms. The van der Waals surface area contributed by atoms with Gasteiger partial charge in [-0.25, -0.2) is 0 Å². The van der Waals surface area contributed by atoms with E-state index >= 15 is 7.61 Å². The summed E-state index contributed by atoms with van der Waals surface area (Å²) in [6.07, 6.45) is 0. The van der Waals surface area contributed by atoms with E-state index in [1.165, 1.54) is 13.8 Å². The summed E-state index contributed by atoms with van der Waals surface area (Å²) in [6, 6.07) is 33.5. The van der Waals surface area contributed by atoms with Crippen molar-refractivity contribution in [1.29, 1.82) is 0 Å². The number of benzene rings is 4. The molecule has 170 valence electrons. The second-order valence-electron chi connectivity index (χ2n) is 8.78. The van der Waals surface area contributed by atoms with Crippen molar-refractivity contribution in [1.82, 2.24) is 0 Å². The molecule has 4 nitrogen and oxygen atoms in total. The average Bonchev–Trinajstić information content (AvgIpc) is 2.84. The minimum absolute atomic E-state index is 0.263. The van der Waals surface area contributed by atoms with Crippen molar-refractivity contribution in [2.75, 3.05) is 0 Å². The van der Waals surface area contributed by atoms with E-state index in [-0.39, 0.29) is 22.3 Å². The van der Waals surface area contributed by atoms with Gasteiger partial charge in [-0.3, -0.25) is 0 Å². The van der Waals surface area contributed by atoms with Crippen LogP contribution in [-0.4, -0.2) is 8.32 Å². The van der Waals surface area contributed by atoms with Crippen molar-refractivity contribution in [3.8, 4) is 0 Å². The van der Waals surface area contributed by atoms with Crippen LogP contribution in [-0.2, 0) is 27.6 Å². The van der Waals surface area contributed by atoms with Gasteiger partial charge in [0.1, 0.15) is 0 Å². The Balaban J connectivity index is 2.24. The number of hydrogen-bond donors (Lipinski definition) is 2. The SMILES string of the molecule is C[C](c1ccccc1)(c1ccccc1)[Cr](=[O])(=[O])([OH])([OH])[C](C)(c1ccccc1)c1ccccc1. The van der Waals surface area contributed by atoms with E-state index in [0.29, 0.717) is 0 Å². The molecule has 0 unspecified atom stereocenters. The Morgan fingerprint density at radius 3 is 0.818 bits per heavy atom. The summed E-state index contributed by atoms with van der Waals surface area (Å²) in [6.45, 7) is 2.77. The molecule has 0 atom stereocenters. The van der Waals surface area contributed by atoms with E-state index in [1.807, 2.05) is 0 Å². The topological polar surface area (TPSA) is 74.6 Å². The molecule has 0 aliphatic heterocycles. The molecule has 0 amide bonds. The van der Waals surface area contributed by atoms with Gasteiger partial charge in [-0.15, -0.1) is 0 Å². The van der Waals surface area contributed by atoms with Crippen molar-refractivity contribution in [2.45, 2.75) is 22.4 Å². The normalized spacial score (nSPS) is 14.8. The van der Waals surface area contributed by atoms with E-state index in [0.717, 1.165) is 0 Å². The third-order valence-corrected chi connectivity index (χ3v) is 14.2. The van der Waals surface area contributed by atoms with E-state index in [4.69, 9.17) is 0 Å². The van der Waals surface area contributed by atoms with Crippen LogP contribution >= 0.6 is 0 Å². The molecule has 2 N–H and O–H groups in total. The first-order valence-electron chi connectivity index (χ1n) is 10.7. The first-order valence-corrected chi connectivity index (χ1v) is 14.2. The van der Waals surface area contributed by atoms with Crippen LogP contribution in [0.25, 0.3) is 0 Å². The maximum absolute atomic E-state index is 15.2. The molecule has 0 fully saturated rings. The van der Waals surface area contributed by atoms with Gasteiger partial charge in [0, 0.05) is 0 Å². The van der Waals surface area contributed by atoms with Crippen LogP contribution in [0.2, 0.25) is 0 Å².